The lowest BCUT2D eigenvalue weighted by atomic mass is 10.0. The summed E-state index contributed by atoms with van der Waals surface area (Å²) in [5.41, 5.74) is 0. The number of hydrogen-bond acceptors (Lipinski definition) is 6. The van der Waals surface area contributed by atoms with E-state index in [1.807, 2.05) is 27.2 Å². The van der Waals surface area contributed by atoms with Crippen LogP contribution in [0.5, 0.6) is 0 Å². The highest BCUT2D eigenvalue weighted by Gasteiger charge is 2.23. The van der Waals surface area contributed by atoms with Crippen molar-refractivity contribution in [1.29, 1.82) is 0 Å². The summed E-state index contributed by atoms with van der Waals surface area (Å²) in [6, 6.07) is -0.933. The van der Waals surface area contributed by atoms with Gasteiger partial charge in [0.1, 0.15) is 13.2 Å². The van der Waals surface area contributed by atoms with Crippen molar-refractivity contribution in [3.05, 3.63) is 170 Å². The van der Waals surface area contributed by atoms with Gasteiger partial charge < -0.3 is 28.8 Å². The highest BCUT2D eigenvalue weighted by atomic mass is 31.2. The fraction of sp³-hybridized carbons (Fsp3) is 0.663. The number of amides is 1. The molecule has 0 saturated heterocycles. The molecule has 542 valence electrons. The zero-order valence-electron chi connectivity index (χ0n) is 62.1. The van der Waals surface area contributed by atoms with Crippen LogP contribution in [0.3, 0.4) is 0 Å². The van der Waals surface area contributed by atoms with E-state index in [2.05, 4.69) is 177 Å². The Morgan fingerprint density at radius 1 is 0.379 bits per heavy atom. The van der Waals surface area contributed by atoms with E-state index in [0.29, 0.717) is 23.9 Å². The van der Waals surface area contributed by atoms with Crippen LogP contribution in [0.25, 0.3) is 0 Å². The predicted octanol–water partition coefficient (Wildman–Crippen LogP) is 25.2. The van der Waals surface area contributed by atoms with Crippen LogP contribution in [0.1, 0.15) is 316 Å². The molecule has 0 rings (SSSR count). The number of hydrogen-bond donors (Lipinski definition) is 2. The Morgan fingerprint density at radius 2 is 0.653 bits per heavy atom. The van der Waals surface area contributed by atoms with Gasteiger partial charge in [0.25, 0.3) is 7.82 Å². The lowest BCUT2D eigenvalue weighted by Gasteiger charge is -2.29. The fourth-order valence-electron chi connectivity index (χ4n) is 10.7. The summed E-state index contributed by atoms with van der Waals surface area (Å²) in [6.07, 6.45) is 117. The number of carbonyl (C=O) groups excluding carboxylic acids is 1. The van der Waals surface area contributed by atoms with E-state index in [4.69, 9.17) is 9.05 Å². The average molecular weight is 1340 g/mol. The fourth-order valence-corrected chi connectivity index (χ4v) is 11.4. The first kappa shape index (κ1) is 90.9. The van der Waals surface area contributed by atoms with Gasteiger partial charge >= 0.3 is 0 Å². The Kier molecular flexibility index (Phi) is 70.9. The molecule has 3 unspecified atom stereocenters. The van der Waals surface area contributed by atoms with Crippen molar-refractivity contribution in [2.45, 2.75) is 328 Å². The van der Waals surface area contributed by atoms with Crippen molar-refractivity contribution in [1.82, 2.24) is 5.32 Å². The van der Waals surface area contributed by atoms with Gasteiger partial charge in [-0.15, -0.1) is 0 Å². The maximum Gasteiger partial charge on any atom is 0.268 e. The molecule has 2 N–H and O–H groups in total. The third-order valence-corrected chi connectivity index (χ3v) is 17.6. The molecule has 0 radical (unpaired) electrons. The van der Waals surface area contributed by atoms with E-state index >= 15 is 0 Å². The molecular formula is C86H147N2O6P. The Labute approximate surface area is 587 Å². The molecule has 0 spiro atoms. The van der Waals surface area contributed by atoms with Crippen molar-refractivity contribution < 1.29 is 32.9 Å². The molecule has 0 aromatic rings. The SMILES string of the molecule is CC/C=C\C/C=C\C/C=C\C/C=C\C/C=C\C/C=C\C/C=C\C/C=C\C/C=C\C/C=C\C/C=C\C/C=C\CCCCCCC(=O)NC(COP(=O)([O-])OCC[N+](C)(C)C)C(O)/C=C/CC/C=C/CCCCCCCCCCCCCCCCCCCCCCCCCCCC. The molecule has 3 atom stereocenters. The topological polar surface area (TPSA) is 108 Å². The number of aliphatic hydroxyl groups is 1. The Morgan fingerprint density at radius 3 is 0.979 bits per heavy atom. The molecule has 1 amide bonds. The second-order valence-corrected chi connectivity index (χ2v) is 28.4. The van der Waals surface area contributed by atoms with Crippen LogP contribution in [0.4, 0.5) is 0 Å². The van der Waals surface area contributed by atoms with Crippen molar-refractivity contribution in [3.8, 4) is 0 Å². The summed E-state index contributed by atoms with van der Waals surface area (Å²) in [5.74, 6) is -0.235. The van der Waals surface area contributed by atoms with Gasteiger partial charge in [-0.05, 0) is 122 Å². The number of allylic oxidation sites excluding steroid dienone is 27. The summed E-state index contributed by atoms with van der Waals surface area (Å²) in [7, 11) is 1.21. The van der Waals surface area contributed by atoms with E-state index in [0.717, 1.165) is 122 Å². The normalized spacial score (nSPS) is 14.5. The molecule has 0 aliphatic carbocycles. The number of nitrogens with one attached hydrogen (secondary N) is 1. The first-order chi connectivity index (χ1) is 46.5. The van der Waals surface area contributed by atoms with Crippen LogP contribution < -0.4 is 10.2 Å². The lowest BCUT2D eigenvalue weighted by molar-refractivity contribution is -0.870. The van der Waals surface area contributed by atoms with E-state index in [1.165, 1.54) is 167 Å². The molecule has 0 heterocycles. The minimum atomic E-state index is -4.64. The van der Waals surface area contributed by atoms with Crippen LogP contribution in [0.2, 0.25) is 0 Å². The second-order valence-electron chi connectivity index (χ2n) is 27.0. The van der Waals surface area contributed by atoms with Crippen LogP contribution in [0, 0.1) is 0 Å². The number of rotatable bonds is 70. The van der Waals surface area contributed by atoms with Crippen molar-refractivity contribution in [2.75, 3.05) is 40.9 Å². The van der Waals surface area contributed by atoms with Gasteiger partial charge in [0.2, 0.25) is 5.91 Å². The number of likely N-dealkylation sites (N-methyl/N-ethyl adjacent to an activating group) is 1. The number of unbranched alkanes of at least 4 members (excludes halogenated alkanes) is 31. The molecule has 8 nitrogen and oxygen atoms in total. The summed E-state index contributed by atoms with van der Waals surface area (Å²) in [6.45, 7) is 4.51. The van der Waals surface area contributed by atoms with Crippen LogP contribution in [-0.4, -0.2) is 68.5 Å². The molecule has 0 aromatic carbocycles. The van der Waals surface area contributed by atoms with Crippen molar-refractivity contribution >= 4 is 13.7 Å². The summed E-state index contributed by atoms with van der Waals surface area (Å²) < 4.78 is 23.5. The molecule has 0 aromatic heterocycles. The van der Waals surface area contributed by atoms with E-state index in [-0.39, 0.29) is 12.5 Å². The minimum Gasteiger partial charge on any atom is -0.756 e. The predicted molar refractivity (Wildman–Crippen MR) is 417 cm³/mol. The molecule has 0 bridgehead atoms. The highest BCUT2D eigenvalue weighted by molar-refractivity contribution is 7.45. The van der Waals surface area contributed by atoms with Crippen molar-refractivity contribution in [3.63, 3.8) is 0 Å². The van der Waals surface area contributed by atoms with Gasteiger partial charge in [-0.1, -0.05) is 357 Å². The Bertz CT molecular complexity index is 2160. The molecule has 9 heteroatoms. The molecule has 0 aliphatic heterocycles. The quantitative estimate of drug-likeness (QED) is 0.0272. The van der Waals surface area contributed by atoms with Gasteiger partial charge in [-0.2, -0.15) is 0 Å². The van der Waals surface area contributed by atoms with E-state index in [9.17, 15) is 19.4 Å². The maximum absolute atomic E-state index is 13.1. The van der Waals surface area contributed by atoms with Crippen LogP contribution in [0.15, 0.2) is 170 Å². The third kappa shape index (κ3) is 77.1. The van der Waals surface area contributed by atoms with E-state index < -0.39 is 26.6 Å². The van der Waals surface area contributed by atoms with Gasteiger partial charge in [0, 0.05) is 6.42 Å². The first-order valence-electron chi connectivity index (χ1n) is 39.0. The highest BCUT2D eigenvalue weighted by Crippen LogP contribution is 2.38. The average Bonchev–Trinajstić information content (AvgIpc) is 2.01. The number of carbonyl (C=O) groups is 1. The largest absolute Gasteiger partial charge is 0.756 e. The number of quaternary nitrogens is 1. The van der Waals surface area contributed by atoms with Crippen LogP contribution in [-0.2, 0) is 18.4 Å². The number of nitrogens with zero attached hydrogens (tertiary/aromatic N) is 1. The zero-order chi connectivity index (χ0) is 69.0. The van der Waals surface area contributed by atoms with Gasteiger partial charge in [0.05, 0.1) is 39.9 Å². The third-order valence-electron chi connectivity index (χ3n) is 16.7. The second kappa shape index (κ2) is 74.1. The number of phosphoric ester groups is 1. The van der Waals surface area contributed by atoms with Crippen LogP contribution >= 0.6 is 7.82 Å². The number of phosphoric acid groups is 1. The molecule has 95 heavy (non-hydrogen) atoms. The minimum absolute atomic E-state index is 0.0203. The summed E-state index contributed by atoms with van der Waals surface area (Å²) in [5, 5.41) is 13.9. The van der Waals surface area contributed by atoms with E-state index in [1.54, 1.807) is 6.08 Å². The smallest absolute Gasteiger partial charge is 0.268 e. The van der Waals surface area contributed by atoms with Gasteiger partial charge in [0.15, 0.2) is 0 Å². The van der Waals surface area contributed by atoms with Gasteiger partial charge in [-0.3, -0.25) is 9.36 Å². The lowest BCUT2D eigenvalue weighted by Crippen LogP contribution is -2.45. The maximum atomic E-state index is 13.1. The first-order valence-corrected chi connectivity index (χ1v) is 40.5. The molecular weight excluding hydrogens is 1190 g/mol. The standard InChI is InChI=1S/C86H147N2O6P/c1-6-8-10-12-14-16-18-20-22-24-26-28-30-32-34-36-38-40-41-42-43-44-45-46-47-48-50-52-54-56-58-60-62-64-66-68-70-72-74-76-78-80-86(90)87-84(83-94-95(91,92)93-82-81-88(3,4)5)85(89)79-77-75-73-71-69-67-65-63-61-59-57-55-53-51-49-39-37-35-33-31-29-27-25-23-21-19-17-15-13-11-9-7-2/h8,10,14,16,20,22,26,28,32,34,38,40,42-43,45-46,48,50,54,56,60,62,66,68-69,71,77,79,84-85,89H,6-7,9,11-13,15,17-19,21,23-25,27,29-31,33,35-37,39,41,44,47,49,51-53,55,57-59,61,63-65,67,70,72-76,78,80-83H2,1-5H3,(H-,87,90,91,92)/b10-8-,16-14-,22-20-,28-26-,34-32-,40-38-,43-42-,46-45-,50-48-,56-54-,62-60-,68-66-,71-69+,79-77+. The number of aliphatic hydroxyl groups excluding tert-OH is 1. The molecule has 0 fully saturated rings. The summed E-state index contributed by atoms with van der Waals surface area (Å²) in [4.78, 5) is 25.7. The Hall–Kier alpha value is -4.14. The Balaban J connectivity index is 4.18. The monoisotopic (exact) mass is 1340 g/mol. The summed E-state index contributed by atoms with van der Waals surface area (Å²) >= 11 is 0. The molecule has 0 aliphatic rings. The van der Waals surface area contributed by atoms with Gasteiger partial charge in [-0.25, -0.2) is 0 Å². The zero-order valence-corrected chi connectivity index (χ0v) is 63.0. The molecule has 0 saturated carbocycles. The van der Waals surface area contributed by atoms with Crippen molar-refractivity contribution in [2.24, 2.45) is 0 Å².